The summed E-state index contributed by atoms with van der Waals surface area (Å²) in [7, 11) is 4.29. The Bertz CT molecular complexity index is 108. The normalized spacial score (nSPS) is 21.8. The number of nitrogens with zero attached hydrogens (tertiary/aromatic N) is 1. The van der Waals surface area contributed by atoms with E-state index in [0.29, 0.717) is 0 Å². The zero-order chi connectivity index (χ0) is 8.27. The van der Waals surface area contributed by atoms with Crippen LogP contribution in [0.1, 0.15) is 13.3 Å². The first kappa shape index (κ1) is 9.01. The van der Waals surface area contributed by atoms with E-state index >= 15 is 0 Å². The fraction of sp³-hybridized carbons (Fsp3) is 1.00. The molecule has 0 aromatic rings. The van der Waals surface area contributed by atoms with Gasteiger partial charge in [-0.25, -0.2) is 0 Å². The molecule has 1 fully saturated rings. The highest BCUT2D eigenvalue weighted by molar-refractivity contribution is 4.79. The van der Waals surface area contributed by atoms with E-state index in [-0.39, 0.29) is 0 Å². The van der Waals surface area contributed by atoms with Gasteiger partial charge < -0.3 is 10.2 Å². The van der Waals surface area contributed by atoms with E-state index in [9.17, 15) is 0 Å². The van der Waals surface area contributed by atoms with Gasteiger partial charge in [0, 0.05) is 0 Å². The van der Waals surface area contributed by atoms with Crippen molar-refractivity contribution in [3.8, 4) is 0 Å². The topological polar surface area (TPSA) is 15.3 Å². The molecule has 1 aliphatic heterocycles. The Morgan fingerprint density at radius 3 is 2.45 bits per heavy atom. The summed E-state index contributed by atoms with van der Waals surface area (Å²) in [5.41, 5.74) is 0. The maximum absolute atomic E-state index is 3.32. The maximum atomic E-state index is 3.32. The van der Waals surface area contributed by atoms with Gasteiger partial charge in [-0.05, 0) is 52.0 Å². The first-order chi connectivity index (χ1) is 5.20. The molecule has 0 amide bonds. The summed E-state index contributed by atoms with van der Waals surface area (Å²) in [6.07, 6.45) is 1.35. The van der Waals surface area contributed by atoms with Gasteiger partial charge in [-0.2, -0.15) is 0 Å². The van der Waals surface area contributed by atoms with Crippen molar-refractivity contribution in [1.29, 1.82) is 0 Å². The van der Waals surface area contributed by atoms with Gasteiger partial charge in [0.25, 0.3) is 0 Å². The molecule has 0 radical (unpaired) electrons. The van der Waals surface area contributed by atoms with Gasteiger partial charge in [-0.1, -0.05) is 6.92 Å². The summed E-state index contributed by atoms with van der Waals surface area (Å²) in [6, 6.07) is 0. The molecular formula is C9H20N2. The molecule has 0 aliphatic carbocycles. The first-order valence-corrected chi connectivity index (χ1v) is 4.55. The van der Waals surface area contributed by atoms with Crippen molar-refractivity contribution in [3.05, 3.63) is 0 Å². The predicted octanol–water partition coefficient (Wildman–Crippen LogP) is 0.794. The summed E-state index contributed by atoms with van der Waals surface area (Å²) in [5.74, 6) is 1.86. The molecule has 1 heterocycles. The summed E-state index contributed by atoms with van der Waals surface area (Å²) in [5, 5.41) is 3.32. The fourth-order valence-electron chi connectivity index (χ4n) is 1.41. The molecule has 1 unspecified atom stereocenters. The van der Waals surface area contributed by atoms with Gasteiger partial charge >= 0.3 is 0 Å². The molecule has 0 aromatic heterocycles. The van der Waals surface area contributed by atoms with Crippen molar-refractivity contribution < 1.29 is 0 Å². The monoisotopic (exact) mass is 156 g/mol. The molecule has 0 aromatic carbocycles. The largest absolute Gasteiger partial charge is 0.316 e. The van der Waals surface area contributed by atoms with Crippen LogP contribution in [0, 0.1) is 11.8 Å². The molecule has 0 saturated carbocycles. The van der Waals surface area contributed by atoms with Crippen molar-refractivity contribution in [3.63, 3.8) is 0 Å². The Labute approximate surface area is 70.0 Å². The molecule has 1 rings (SSSR count). The standard InChI is InChI=1S/C9H20N2/c1-8(4-5-11(2)3)9-6-10-7-9/h8-10H,4-7H2,1-3H3. The molecule has 1 N–H and O–H groups in total. The summed E-state index contributed by atoms with van der Waals surface area (Å²) >= 11 is 0. The second-order valence-electron chi connectivity index (χ2n) is 3.99. The molecule has 1 atom stereocenters. The van der Waals surface area contributed by atoms with Gasteiger partial charge in [0.05, 0.1) is 0 Å². The van der Waals surface area contributed by atoms with Crippen LogP contribution in [0.15, 0.2) is 0 Å². The Kier molecular flexibility index (Phi) is 3.34. The lowest BCUT2D eigenvalue weighted by Gasteiger charge is -2.33. The van der Waals surface area contributed by atoms with Crippen molar-refractivity contribution in [2.24, 2.45) is 11.8 Å². The zero-order valence-electron chi connectivity index (χ0n) is 7.93. The van der Waals surface area contributed by atoms with E-state index in [1.165, 1.54) is 26.1 Å². The average molecular weight is 156 g/mol. The number of hydrogen-bond donors (Lipinski definition) is 1. The molecule has 1 aliphatic rings. The minimum atomic E-state index is 0.902. The first-order valence-electron chi connectivity index (χ1n) is 4.55. The molecule has 0 spiro atoms. The van der Waals surface area contributed by atoms with Crippen LogP contribution in [-0.4, -0.2) is 38.6 Å². The van der Waals surface area contributed by atoms with Gasteiger partial charge in [-0.3, -0.25) is 0 Å². The summed E-state index contributed by atoms with van der Waals surface area (Å²) < 4.78 is 0. The summed E-state index contributed by atoms with van der Waals surface area (Å²) in [6.45, 7) is 6.09. The van der Waals surface area contributed by atoms with Gasteiger partial charge in [-0.15, -0.1) is 0 Å². The van der Waals surface area contributed by atoms with Crippen molar-refractivity contribution >= 4 is 0 Å². The molecule has 1 saturated heterocycles. The highest BCUT2D eigenvalue weighted by atomic mass is 15.0. The van der Waals surface area contributed by atoms with E-state index in [1.807, 2.05) is 0 Å². The fourth-order valence-corrected chi connectivity index (χ4v) is 1.41. The Hall–Kier alpha value is -0.0800. The third kappa shape index (κ3) is 2.80. The Balaban J connectivity index is 2.05. The predicted molar refractivity (Wildman–Crippen MR) is 48.7 cm³/mol. The van der Waals surface area contributed by atoms with E-state index in [4.69, 9.17) is 0 Å². The minimum absolute atomic E-state index is 0.902. The molecule has 0 bridgehead atoms. The Morgan fingerprint density at radius 1 is 1.45 bits per heavy atom. The summed E-state index contributed by atoms with van der Waals surface area (Å²) in [4.78, 5) is 2.27. The zero-order valence-corrected chi connectivity index (χ0v) is 7.93. The van der Waals surface area contributed by atoms with Crippen molar-refractivity contribution in [2.75, 3.05) is 33.7 Å². The van der Waals surface area contributed by atoms with Crippen LogP contribution >= 0.6 is 0 Å². The van der Waals surface area contributed by atoms with Gasteiger partial charge in [0.1, 0.15) is 0 Å². The highest BCUT2D eigenvalue weighted by Crippen LogP contribution is 2.18. The lowest BCUT2D eigenvalue weighted by Crippen LogP contribution is -2.45. The quantitative estimate of drug-likeness (QED) is 0.647. The second-order valence-corrected chi connectivity index (χ2v) is 3.99. The van der Waals surface area contributed by atoms with E-state index < -0.39 is 0 Å². The van der Waals surface area contributed by atoms with Crippen LogP contribution in [0.4, 0.5) is 0 Å². The van der Waals surface area contributed by atoms with Crippen molar-refractivity contribution in [1.82, 2.24) is 10.2 Å². The van der Waals surface area contributed by atoms with E-state index in [0.717, 1.165) is 11.8 Å². The minimum Gasteiger partial charge on any atom is -0.316 e. The third-order valence-electron chi connectivity index (χ3n) is 2.65. The number of hydrogen-bond acceptors (Lipinski definition) is 2. The van der Waals surface area contributed by atoms with Gasteiger partial charge in [0.15, 0.2) is 0 Å². The maximum Gasteiger partial charge on any atom is -0.000569 e. The van der Waals surface area contributed by atoms with E-state index in [1.54, 1.807) is 0 Å². The van der Waals surface area contributed by atoms with Crippen molar-refractivity contribution in [2.45, 2.75) is 13.3 Å². The molecular weight excluding hydrogens is 136 g/mol. The van der Waals surface area contributed by atoms with E-state index in [2.05, 4.69) is 31.2 Å². The molecule has 2 nitrogen and oxygen atoms in total. The van der Waals surface area contributed by atoms with Crippen LogP contribution in [0.25, 0.3) is 0 Å². The highest BCUT2D eigenvalue weighted by Gasteiger charge is 2.22. The average Bonchev–Trinajstić information content (AvgIpc) is 1.79. The second kappa shape index (κ2) is 4.07. The Morgan fingerprint density at radius 2 is 2.09 bits per heavy atom. The number of nitrogens with one attached hydrogen (secondary N) is 1. The lowest BCUT2D eigenvalue weighted by atomic mass is 9.86. The van der Waals surface area contributed by atoms with Crippen LogP contribution < -0.4 is 5.32 Å². The molecule has 11 heavy (non-hydrogen) atoms. The lowest BCUT2D eigenvalue weighted by molar-refractivity contribution is 0.220. The van der Waals surface area contributed by atoms with Crippen LogP contribution in [0.5, 0.6) is 0 Å². The van der Waals surface area contributed by atoms with Crippen LogP contribution in [-0.2, 0) is 0 Å². The van der Waals surface area contributed by atoms with Crippen LogP contribution in [0.2, 0.25) is 0 Å². The smallest absolute Gasteiger partial charge is 0.000569 e. The van der Waals surface area contributed by atoms with Crippen LogP contribution in [0.3, 0.4) is 0 Å². The molecule has 2 heteroatoms. The SMILES string of the molecule is CC(CCN(C)C)C1CNC1. The molecule has 66 valence electrons. The number of rotatable bonds is 4. The van der Waals surface area contributed by atoms with Gasteiger partial charge in [0.2, 0.25) is 0 Å². The third-order valence-corrected chi connectivity index (χ3v) is 2.65.